The van der Waals surface area contributed by atoms with Gasteiger partial charge in [-0.05, 0) is 68.4 Å². The third-order valence-corrected chi connectivity index (χ3v) is 6.95. The van der Waals surface area contributed by atoms with Crippen molar-refractivity contribution in [3.05, 3.63) is 101 Å². The number of benzene rings is 3. The number of anilines is 2. The molecule has 3 aromatic carbocycles. The Morgan fingerprint density at radius 1 is 0.909 bits per heavy atom. The van der Waals surface area contributed by atoms with E-state index in [0.717, 1.165) is 17.1 Å². The van der Waals surface area contributed by atoms with Crippen molar-refractivity contribution >= 4 is 38.9 Å². The summed E-state index contributed by atoms with van der Waals surface area (Å²) in [7, 11) is -3.73. The van der Waals surface area contributed by atoms with Gasteiger partial charge in [0.2, 0.25) is 0 Å². The fourth-order valence-electron chi connectivity index (χ4n) is 3.31. The first kappa shape index (κ1) is 22.6. The minimum atomic E-state index is -3.73. The Morgan fingerprint density at radius 2 is 1.58 bits per heavy atom. The molecule has 0 fully saturated rings. The first-order valence-electron chi connectivity index (χ1n) is 10.1. The fourth-order valence-corrected chi connectivity index (χ4v) is 4.49. The van der Waals surface area contributed by atoms with Crippen LogP contribution in [-0.4, -0.2) is 24.1 Å². The van der Waals surface area contributed by atoms with Crippen molar-refractivity contribution in [1.82, 2.24) is 9.78 Å². The number of nitrogens with one attached hydrogen (secondary N) is 2. The number of rotatable bonds is 6. The molecule has 168 valence electrons. The van der Waals surface area contributed by atoms with Crippen LogP contribution in [0.15, 0.2) is 83.8 Å². The minimum absolute atomic E-state index is 0.156. The zero-order valence-corrected chi connectivity index (χ0v) is 19.5. The highest BCUT2D eigenvalue weighted by Gasteiger charge is 2.15. The number of hydrogen-bond acceptors (Lipinski definition) is 4. The van der Waals surface area contributed by atoms with Gasteiger partial charge in [-0.3, -0.25) is 9.52 Å². The van der Waals surface area contributed by atoms with Crippen molar-refractivity contribution in [2.45, 2.75) is 18.7 Å². The van der Waals surface area contributed by atoms with Crippen molar-refractivity contribution in [3.63, 3.8) is 0 Å². The lowest BCUT2D eigenvalue weighted by Gasteiger charge is -2.11. The quantitative estimate of drug-likeness (QED) is 0.397. The second kappa shape index (κ2) is 9.09. The Kier molecular flexibility index (Phi) is 6.22. The highest BCUT2D eigenvalue weighted by molar-refractivity contribution is 7.92. The van der Waals surface area contributed by atoms with Gasteiger partial charge in [0, 0.05) is 11.3 Å². The second-order valence-electron chi connectivity index (χ2n) is 7.40. The highest BCUT2D eigenvalue weighted by atomic mass is 35.5. The zero-order chi connectivity index (χ0) is 23.6. The molecule has 4 aromatic rings. The molecule has 33 heavy (non-hydrogen) atoms. The Bertz CT molecular complexity index is 1420. The van der Waals surface area contributed by atoms with E-state index in [9.17, 15) is 13.2 Å². The van der Waals surface area contributed by atoms with Gasteiger partial charge < -0.3 is 5.32 Å². The maximum absolute atomic E-state index is 12.7. The van der Waals surface area contributed by atoms with E-state index in [1.54, 1.807) is 71.4 Å². The summed E-state index contributed by atoms with van der Waals surface area (Å²) in [4.78, 5) is 12.9. The Hall–Kier alpha value is -3.62. The third kappa shape index (κ3) is 4.92. The average Bonchev–Trinajstić information content (AvgIpc) is 3.07. The van der Waals surface area contributed by atoms with Gasteiger partial charge in [0.25, 0.3) is 15.9 Å². The Labute approximate surface area is 197 Å². The molecule has 0 aliphatic heterocycles. The molecule has 0 atom stereocenters. The van der Waals surface area contributed by atoms with Gasteiger partial charge in [0.05, 0.1) is 32.7 Å². The molecule has 9 heteroatoms. The van der Waals surface area contributed by atoms with E-state index in [0.29, 0.717) is 22.0 Å². The molecule has 0 saturated heterocycles. The van der Waals surface area contributed by atoms with E-state index >= 15 is 0 Å². The number of nitrogens with zero attached hydrogens (tertiary/aromatic N) is 2. The predicted octanol–water partition coefficient (Wildman–Crippen LogP) is 5.20. The number of halogens is 1. The van der Waals surface area contributed by atoms with Gasteiger partial charge in [0.15, 0.2) is 0 Å². The van der Waals surface area contributed by atoms with Crippen LogP contribution in [0, 0.1) is 13.8 Å². The smallest absolute Gasteiger partial charge is 0.261 e. The molecular weight excluding hydrogens is 460 g/mol. The molecule has 1 aromatic heterocycles. The van der Waals surface area contributed by atoms with Crippen LogP contribution in [0.5, 0.6) is 0 Å². The van der Waals surface area contributed by atoms with E-state index < -0.39 is 10.0 Å². The summed E-state index contributed by atoms with van der Waals surface area (Å²) in [5.74, 6) is -0.323. The van der Waals surface area contributed by atoms with Gasteiger partial charge in [0.1, 0.15) is 0 Å². The van der Waals surface area contributed by atoms with E-state index in [-0.39, 0.29) is 10.8 Å². The summed E-state index contributed by atoms with van der Waals surface area (Å²) in [5.41, 5.74) is 3.59. The number of carbonyl (C=O) groups excluding carboxylic acids is 1. The summed E-state index contributed by atoms with van der Waals surface area (Å²) < 4.78 is 29.3. The number of aryl methyl sites for hydroxylation is 1. The van der Waals surface area contributed by atoms with Crippen LogP contribution in [0.3, 0.4) is 0 Å². The van der Waals surface area contributed by atoms with Crippen molar-refractivity contribution < 1.29 is 13.2 Å². The molecular formula is C24H21ClN4O3S. The predicted molar refractivity (Wildman–Crippen MR) is 130 cm³/mol. The van der Waals surface area contributed by atoms with Gasteiger partial charge in [-0.15, -0.1) is 0 Å². The summed E-state index contributed by atoms with van der Waals surface area (Å²) in [6.45, 7) is 3.71. The van der Waals surface area contributed by atoms with Crippen LogP contribution in [-0.2, 0) is 10.0 Å². The topological polar surface area (TPSA) is 93.1 Å². The van der Waals surface area contributed by atoms with Crippen LogP contribution < -0.4 is 10.0 Å². The molecule has 0 unspecified atom stereocenters. The van der Waals surface area contributed by atoms with E-state index in [4.69, 9.17) is 11.6 Å². The number of amides is 1. The second-order valence-corrected chi connectivity index (χ2v) is 9.46. The lowest BCUT2D eigenvalue weighted by atomic mass is 10.2. The first-order valence-corrected chi connectivity index (χ1v) is 11.9. The summed E-state index contributed by atoms with van der Waals surface area (Å²) >= 11 is 6.22. The average molecular weight is 481 g/mol. The first-order chi connectivity index (χ1) is 15.7. The lowest BCUT2D eigenvalue weighted by molar-refractivity contribution is 0.102. The van der Waals surface area contributed by atoms with Crippen molar-refractivity contribution in [1.29, 1.82) is 0 Å². The SMILES string of the molecule is Cc1nn(-c2ccc(C(=O)Nc3cccc(NS(=O)(=O)c4ccccc4)c3)cc2)c(C)c1Cl. The van der Waals surface area contributed by atoms with Gasteiger partial charge in [-0.1, -0.05) is 35.9 Å². The monoisotopic (exact) mass is 480 g/mol. The van der Waals surface area contributed by atoms with Crippen LogP contribution in [0.25, 0.3) is 5.69 Å². The van der Waals surface area contributed by atoms with Gasteiger partial charge >= 0.3 is 0 Å². The van der Waals surface area contributed by atoms with E-state index in [2.05, 4.69) is 15.1 Å². The molecule has 0 spiro atoms. The maximum Gasteiger partial charge on any atom is 0.261 e. The van der Waals surface area contributed by atoms with Gasteiger partial charge in [-0.2, -0.15) is 5.10 Å². The molecule has 0 aliphatic carbocycles. The molecule has 0 aliphatic rings. The normalized spacial score (nSPS) is 11.2. The molecule has 0 bridgehead atoms. The third-order valence-electron chi connectivity index (χ3n) is 5.00. The number of sulfonamides is 1. The molecule has 4 rings (SSSR count). The molecule has 1 heterocycles. The standard InChI is InChI=1S/C24H21ClN4O3S/c1-16-23(25)17(2)29(27-16)21-13-11-18(12-14-21)24(30)26-19-7-6-8-20(15-19)28-33(31,32)22-9-4-3-5-10-22/h3-15,28H,1-2H3,(H,26,30). The molecule has 7 nitrogen and oxygen atoms in total. The van der Waals surface area contributed by atoms with E-state index in [1.165, 1.54) is 12.1 Å². The highest BCUT2D eigenvalue weighted by Crippen LogP contribution is 2.23. The fraction of sp³-hybridized carbons (Fsp3) is 0.0833. The summed E-state index contributed by atoms with van der Waals surface area (Å²) in [5, 5.41) is 7.81. The minimum Gasteiger partial charge on any atom is -0.322 e. The lowest BCUT2D eigenvalue weighted by Crippen LogP contribution is -2.14. The molecule has 0 saturated carbocycles. The van der Waals surface area contributed by atoms with Crippen molar-refractivity contribution in [3.8, 4) is 5.69 Å². The number of hydrogen-bond donors (Lipinski definition) is 2. The summed E-state index contributed by atoms with van der Waals surface area (Å²) in [6.07, 6.45) is 0. The van der Waals surface area contributed by atoms with Crippen LogP contribution in [0.4, 0.5) is 11.4 Å². The maximum atomic E-state index is 12.7. The van der Waals surface area contributed by atoms with Crippen molar-refractivity contribution in [2.24, 2.45) is 0 Å². The van der Waals surface area contributed by atoms with Crippen molar-refractivity contribution in [2.75, 3.05) is 10.0 Å². The summed E-state index contributed by atoms with van der Waals surface area (Å²) in [6, 6.07) is 21.6. The number of carbonyl (C=O) groups is 1. The Morgan fingerprint density at radius 3 is 2.21 bits per heavy atom. The van der Waals surface area contributed by atoms with Crippen LogP contribution >= 0.6 is 11.6 Å². The van der Waals surface area contributed by atoms with Crippen LogP contribution in [0.2, 0.25) is 5.02 Å². The van der Waals surface area contributed by atoms with E-state index in [1.807, 2.05) is 13.8 Å². The largest absolute Gasteiger partial charge is 0.322 e. The molecule has 1 amide bonds. The van der Waals surface area contributed by atoms with Gasteiger partial charge in [-0.25, -0.2) is 13.1 Å². The van der Waals surface area contributed by atoms with Crippen LogP contribution in [0.1, 0.15) is 21.7 Å². The zero-order valence-electron chi connectivity index (χ0n) is 17.9. The molecule has 2 N–H and O–H groups in total. The Balaban J connectivity index is 1.48. The molecule has 0 radical (unpaired) electrons. The number of aromatic nitrogens is 2.